The molecule has 4 heteroatoms. The highest BCUT2D eigenvalue weighted by atomic mass is 16.5. The van der Waals surface area contributed by atoms with Crippen molar-refractivity contribution in [1.29, 1.82) is 0 Å². The summed E-state index contributed by atoms with van der Waals surface area (Å²) in [6, 6.07) is 0. The minimum Gasteiger partial charge on any atom is -0.392 e. The molecule has 0 aromatic heterocycles. The third-order valence-corrected chi connectivity index (χ3v) is 4.59. The lowest BCUT2D eigenvalue weighted by atomic mass is 9.96. The molecule has 2 heterocycles. The summed E-state index contributed by atoms with van der Waals surface area (Å²) in [7, 11) is 2.24. The van der Waals surface area contributed by atoms with E-state index in [-0.39, 0.29) is 6.10 Å². The number of aliphatic hydroxyl groups is 1. The van der Waals surface area contributed by atoms with Gasteiger partial charge in [0.1, 0.15) is 0 Å². The smallest absolute Gasteiger partial charge is 0.0701 e. The second kappa shape index (κ2) is 8.32. The van der Waals surface area contributed by atoms with Crippen LogP contribution in [0.25, 0.3) is 0 Å². The number of ether oxygens (including phenoxy) is 1. The number of likely N-dealkylation sites (N-methyl/N-ethyl adjacent to an activating group) is 1. The maximum absolute atomic E-state index is 9.43. The lowest BCUT2D eigenvalue weighted by molar-refractivity contribution is -0.00536. The van der Waals surface area contributed by atoms with Crippen molar-refractivity contribution in [1.82, 2.24) is 9.80 Å². The Balaban J connectivity index is 1.61. The van der Waals surface area contributed by atoms with E-state index in [1.165, 1.54) is 38.6 Å². The zero-order valence-electron chi connectivity index (χ0n) is 13.3. The largest absolute Gasteiger partial charge is 0.392 e. The monoisotopic (exact) mass is 284 g/mol. The summed E-state index contributed by atoms with van der Waals surface area (Å²) in [4.78, 5) is 4.86. The standard InChI is InChI=1S/C16H32N2O2/c1-14(19)11-18-8-6-15(7-9-18)12-17(2)13-16-5-3-4-10-20-16/h14-16,19H,3-13H2,1-2H3/t14-,16+/m1/s1. The Kier molecular flexibility index (Phi) is 6.75. The Labute approximate surface area is 124 Å². The molecule has 2 fully saturated rings. The van der Waals surface area contributed by atoms with Crippen LogP contribution in [0.3, 0.4) is 0 Å². The first-order valence-electron chi connectivity index (χ1n) is 8.34. The summed E-state index contributed by atoms with van der Waals surface area (Å²) in [5, 5.41) is 9.43. The molecule has 0 amide bonds. The Bertz CT molecular complexity index is 259. The van der Waals surface area contributed by atoms with Crippen molar-refractivity contribution in [2.24, 2.45) is 5.92 Å². The molecular weight excluding hydrogens is 252 g/mol. The zero-order chi connectivity index (χ0) is 14.4. The highest BCUT2D eigenvalue weighted by molar-refractivity contribution is 4.76. The lowest BCUT2D eigenvalue weighted by Gasteiger charge is -2.35. The van der Waals surface area contributed by atoms with Crippen molar-refractivity contribution < 1.29 is 9.84 Å². The van der Waals surface area contributed by atoms with Gasteiger partial charge >= 0.3 is 0 Å². The Morgan fingerprint density at radius 1 is 1.20 bits per heavy atom. The molecule has 20 heavy (non-hydrogen) atoms. The maximum atomic E-state index is 9.43. The molecule has 0 radical (unpaired) electrons. The van der Waals surface area contributed by atoms with E-state index in [0.717, 1.165) is 38.7 Å². The van der Waals surface area contributed by atoms with Crippen LogP contribution in [-0.2, 0) is 4.74 Å². The molecule has 0 bridgehead atoms. The Hall–Kier alpha value is -0.160. The highest BCUT2D eigenvalue weighted by Gasteiger charge is 2.22. The number of aliphatic hydroxyl groups excluding tert-OH is 1. The molecule has 4 nitrogen and oxygen atoms in total. The molecule has 0 saturated carbocycles. The van der Waals surface area contributed by atoms with E-state index in [0.29, 0.717) is 6.10 Å². The summed E-state index contributed by atoms with van der Waals surface area (Å²) in [6.07, 6.45) is 6.60. The molecular formula is C16H32N2O2. The fraction of sp³-hybridized carbons (Fsp3) is 1.00. The first kappa shape index (κ1) is 16.2. The van der Waals surface area contributed by atoms with E-state index in [4.69, 9.17) is 4.74 Å². The van der Waals surface area contributed by atoms with Crippen LogP contribution in [0.1, 0.15) is 39.0 Å². The number of hydrogen-bond donors (Lipinski definition) is 1. The van der Waals surface area contributed by atoms with Gasteiger partial charge in [-0.3, -0.25) is 0 Å². The van der Waals surface area contributed by atoms with E-state index in [1.54, 1.807) is 0 Å². The van der Waals surface area contributed by atoms with E-state index in [1.807, 2.05) is 6.92 Å². The van der Waals surface area contributed by atoms with Gasteiger partial charge in [-0.15, -0.1) is 0 Å². The van der Waals surface area contributed by atoms with Crippen LogP contribution >= 0.6 is 0 Å². The molecule has 2 saturated heterocycles. The van der Waals surface area contributed by atoms with Crippen molar-refractivity contribution in [2.45, 2.75) is 51.2 Å². The zero-order valence-corrected chi connectivity index (χ0v) is 13.3. The predicted molar refractivity (Wildman–Crippen MR) is 81.9 cm³/mol. The van der Waals surface area contributed by atoms with Crippen LogP contribution < -0.4 is 0 Å². The Morgan fingerprint density at radius 3 is 2.55 bits per heavy atom. The van der Waals surface area contributed by atoms with Gasteiger partial charge in [0.05, 0.1) is 12.2 Å². The number of piperidine rings is 1. The topological polar surface area (TPSA) is 35.9 Å². The number of hydrogen-bond acceptors (Lipinski definition) is 4. The normalized spacial score (nSPS) is 27.9. The molecule has 1 N–H and O–H groups in total. The van der Waals surface area contributed by atoms with E-state index in [2.05, 4.69) is 16.8 Å². The summed E-state index contributed by atoms with van der Waals surface area (Å²) in [5.41, 5.74) is 0. The minimum absolute atomic E-state index is 0.197. The van der Waals surface area contributed by atoms with Crippen molar-refractivity contribution >= 4 is 0 Å². The van der Waals surface area contributed by atoms with Gasteiger partial charge in [0.15, 0.2) is 0 Å². The van der Waals surface area contributed by atoms with Gasteiger partial charge in [0, 0.05) is 26.2 Å². The van der Waals surface area contributed by atoms with Crippen LogP contribution in [0.4, 0.5) is 0 Å². The third-order valence-electron chi connectivity index (χ3n) is 4.59. The van der Waals surface area contributed by atoms with Gasteiger partial charge in [0.2, 0.25) is 0 Å². The molecule has 0 aliphatic carbocycles. The maximum Gasteiger partial charge on any atom is 0.0701 e. The minimum atomic E-state index is -0.197. The first-order valence-corrected chi connectivity index (χ1v) is 8.34. The van der Waals surface area contributed by atoms with Crippen molar-refractivity contribution in [3.05, 3.63) is 0 Å². The Morgan fingerprint density at radius 2 is 1.95 bits per heavy atom. The van der Waals surface area contributed by atoms with Gasteiger partial charge in [-0.2, -0.15) is 0 Å². The quantitative estimate of drug-likeness (QED) is 0.803. The summed E-state index contributed by atoms with van der Waals surface area (Å²) >= 11 is 0. The number of β-amino-alcohol motifs (C(OH)–C–C–N with tert-alkyl or cyclic N) is 1. The molecule has 2 aliphatic rings. The molecule has 118 valence electrons. The second-order valence-corrected chi connectivity index (χ2v) is 6.80. The van der Waals surface area contributed by atoms with Crippen molar-refractivity contribution in [2.75, 3.05) is 46.4 Å². The molecule has 2 aliphatic heterocycles. The molecule has 2 rings (SSSR count). The fourth-order valence-corrected chi connectivity index (χ4v) is 3.54. The number of rotatable bonds is 6. The van der Waals surface area contributed by atoms with Crippen molar-refractivity contribution in [3.8, 4) is 0 Å². The molecule has 0 spiro atoms. The molecule has 0 aromatic rings. The SMILES string of the molecule is C[C@@H](O)CN1CCC(CN(C)C[C@@H]2CCCCO2)CC1. The molecule has 2 atom stereocenters. The molecule has 0 aromatic carbocycles. The summed E-state index contributed by atoms with van der Waals surface area (Å²) in [6.45, 7) is 8.24. The predicted octanol–water partition coefficient (Wildman–Crippen LogP) is 1.58. The van der Waals surface area contributed by atoms with Crippen molar-refractivity contribution in [3.63, 3.8) is 0 Å². The van der Waals surface area contributed by atoms with Gasteiger partial charge in [-0.25, -0.2) is 0 Å². The summed E-state index contributed by atoms with van der Waals surface area (Å²) < 4.78 is 5.82. The van der Waals surface area contributed by atoms with E-state index < -0.39 is 0 Å². The third kappa shape index (κ3) is 5.68. The van der Waals surface area contributed by atoms with Gasteiger partial charge < -0.3 is 19.6 Å². The average molecular weight is 284 g/mol. The highest BCUT2D eigenvalue weighted by Crippen LogP contribution is 2.19. The van der Waals surface area contributed by atoms with Gasteiger partial charge in [-0.1, -0.05) is 0 Å². The van der Waals surface area contributed by atoms with E-state index >= 15 is 0 Å². The van der Waals surface area contributed by atoms with Crippen LogP contribution in [-0.4, -0.2) is 73.5 Å². The van der Waals surface area contributed by atoms with E-state index in [9.17, 15) is 5.11 Å². The van der Waals surface area contributed by atoms with Crippen LogP contribution in [0.15, 0.2) is 0 Å². The first-order chi connectivity index (χ1) is 9.63. The fourth-order valence-electron chi connectivity index (χ4n) is 3.54. The van der Waals surface area contributed by atoms with Crippen LogP contribution in [0.2, 0.25) is 0 Å². The van der Waals surface area contributed by atoms with Crippen LogP contribution in [0.5, 0.6) is 0 Å². The summed E-state index contributed by atoms with van der Waals surface area (Å²) in [5.74, 6) is 0.814. The average Bonchev–Trinajstić information content (AvgIpc) is 2.41. The second-order valence-electron chi connectivity index (χ2n) is 6.80. The van der Waals surface area contributed by atoms with Crippen LogP contribution in [0, 0.1) is 5.92 Å². The number of likely N-dealkylation sites (tertiary alicyclic amines) is 1. The number of nitrogens with zero attached hydrogens (tertiary/aromatic N) is 2. The van der Waals surface area contributed by atoms with Gasteiger partial charge in [-0.05, 0) is 65.1 Å². The lowest BCUT2D eigenvalue weighted by Crippen LogP contribution is -2.42. The van der Waals surface area contributed by atoms with Gasteiger partial charge in [0.25, 0.3) is 0 Å². The molecule has 0 unspecified atom stereocenters.